The molecule has 3 nitrogen and oxygen atoms in total. The minimum Gasteiger partial charge on any atom is -0.383 e. The van der Waals surface area contributed by atoms with Gasteiger partial charge in [0.1, 0.15) is 0 Å². The first-order chi connectivity index (χ1) is 7.13. The molecule has 1 rings (SSSR count). The fraction of sp³-hybridized carbons (Fsp3) is 0.500. The molecule has 0 unspecified atom stereocenters. The van der Waals surface area contributed by atoms with Crippen LogP contribution < -0.4 is 10.2 Å². The van der Waals surface area contributed by atoms with Crippen LogP contribution in [0.15, 0.2) is 24.3 Å². The molecule has 0 heterocycles. The van der Waals surface area contributed by atoms with Crippen LogP contribution in [-0.4, -0.2) is 33.9 Å². The van der Waals surface area contributed by atoms with Crippen molar-refractivity contribution in [3.05, 3.63) is 24.3 Å². The van der Waals surface area contributed by atoms with E-state index in [2.05, 4.69) is 41.4 Å². The highest BCUT2D eigenvalue weighted by Gasteiger charge is 2.01. The van der Waals surface area contributed by atoms with Crippen LogP contribution in [0.2, 0.25) is 0 Å². The zero-order chi connectivity index (χ0) is 11.3. The molecule has 0 fully saturated rings. The molecule has 15 heavy (non-hydrogen) atoms. The summed E-state index contributed by atoms with van der Waals surface area (Å²) in [6.07, 6.45) is 0. The Morgan fingerprint density at radius 3 is 2.33 bits per heavy atom. The van der Waals surface area contributed by atoms with E-state index in [0.29, 0.717) is 6.04 Å². The van der Waals surface area contributed by atoms with Crippen molar-refractivity contribution >= 4 is 11.4 Å². The number of nitrogens with one attached hydrogen (secondary N) is 1. The topological polar surface area (TPSA) is 24.5 Å². The monoisotopic (exact) mass is 208 g/mol. The van der Waals surface area contributed by atoms with Gasteiger partial charge in [0.15, 0.2) is 0 Å². The zero-order valence-corrected chi connectivity index (χ0v) is 9.95. The first kappa shape index (κ1) is 11.9. The first-order valence-electron chi connectivity index (χ1n) is 5.16. The summed E-state index contributed by atoms with van der Waals surface area (Å²) >= 11 is 0. The highest BCUT2D eigenvalue weighted by atomic mass is 16.5. The maximum Gasteiger partial charge on any atom is 0.0661 e. The van der Waals surface area contributed by atoms with E-state index >= 15 is 0 Å². The van der Waals surface area contributed by atoms with Crippen molar-refractivity contribution in [1.29, 1.82) is 0 Å². The highest BCUT2D eigenvalue weighted by molar-refractivity contribution is 5.54. The lowest BCUT2D eigenvalue weighted by molar-refractivity contribution is 0.190. The Kier molecular flexibility index (Phi) is 4.43. The molecular formula is C12H20N2O. The lowest BCUT2D eigenvalue weighted by Gasteiger charge is -2.16. The van der Waals surface area contributed by atoms with Gasteiger partial charge in [0.05, 0.1) is 6.61 Å². The number of nitrogens with zero attached hydrogens (tertiary/aromatic N) is 1. The SMILES string of the molecule is COC[C@@H](C)Nc1ccc(N(C)C)cc1. The molecule has 84 valence electrons. The van der Waals surface area contributed by atoms with E-state index in [1.54, 1.807) is 7.11 Å². The third-order valence-corrected chi connectivity index (χ3v) is 2.21. The second-order valence-electron chi connectivity index (χ2n) is 3.94. The minimum atomic E-state index is 0.334. The number of benzene rings is 1. The van der Waals surface area contributed by atoms with E-state index in [1.807, 2.05) is 14.1 Å². The third kappa shape index (κ3) is 3.80. The van der Waals surface area contributed by atoms with Crippen LogP contribution in [-0.2, 0) is 4.74 Å². The van der Waals surface area contributed by atoms with Gasteiger partial charge in [-0.25, -0.2) is 0 Å². The van der Waals surface area contributed by atoms with Gasteiger partial charge in [-0.05, 0) is 31.2 Å². The van der Waals surface area contributed by atoms with Crippen molar-refractivity contribution in [3.63, 3.8) is 0 Å². The molecule has 0 spiro atoms. The first-order valence-corrected chi connectivity index (χ1v) is 5.16. The third-order valence-electron chi connectivity index (χ3n) is 2.21. The van der Waals surface area contributed by atoms with E-state index in [-0.39, 0.29) is 0 Å². The molecule has 0 aliphatic rings. The predicted octanol–water partition coefficient (Wildman–Crippen LogP) is 2.20. The largest absolute Gasteiger partial charge is 0.383 e. The smallest absolute Gasteiger partial charge is 0.0661 e. The highest BCUT2D eigenvalue weighted by Crippen LogP contribution is 2.16. The summed E-state index contributed by atoms with van der Waals surface area (Å²) in [4.78, 5) is 2.09. The quantitative estimate of drug-likeness (QED) is 0.803. The Bertz CT molecular complexity index is 282. The van der Waals surface area contributed by atoms with Gasteiger partial charge in [-0.3, -0.25) is 0 Å². The summed E-state index contributed by atoms with van der Waals surface area (Å²) < 4.78 is 5.07. The minimum absolute atomic E-state index is 0.334. The van der Waals surface area contributed by atoms with Gasteiger partial charge in [-0.1, -0.05) is 0 Å². The Labute approximate surface area is 92.0 Å². The molecule has 0 aliphatic carbocycles. The zero-order valence-electron chi connectivity index (χ0n) is 9.95. The van der Waals surface area contributed by atoms with Gasteiger partial charge < -0.3 is 15.0 Å². The van der Waals surface area contributed by atoms with Crippen molar-refractivity contribution in [1.82, 2.24) is 0 Å². The van der Waals surface area contributed by atoms with E-state index in [0.717, 1.165) is 12.3 Å². The van der Waals surface area contributed by atoms with E-state index in [1.165, 1.54) is 5.69 Å². The molecule has 0 bridgehead atoms. The van der Waals surface area contributed by atoms with E-state index in [9.17, 15) is 0 Å². The Morgan fingerprint density at radius 2 is 1.87 bits per heavy atom. The number of rotatable bonds is 5. The molecule has 0 aromatic heterocycles. The maximum atomic E-state index is 5.07. The van der Waals surface area contributed by atoms with Gasteiger partial charge in [0, 0.05) is 38.6 Å². The second-order valence-corrected chi connectivity index (χ2v) is 3.94. The van der Waals surface area contributed by atoms with Gasteiger partial charge in [0.25, 0.3) is 0 Å². The van der Waals surface area contributed by atoms with Crippen molar-refractivity contribution in [2.45, 2.75) is 13.0 Å². The standard InChI is InChI=1S/C12H20N2O/c1-10(9-15-4)13-11-5-7-12(8-6-11)14(2)3/h5-8,10,13H,9H2,1-4H3/t10-/m1/s1. The molecular weight excluding hydrogens is 188 g/mol. The van der Waals surface area contributed by atoms with Crippen molar-refractivity contribution in [3.8, 4) is 0 Å². The number of anilines is 2. The van der Waals surface area contributed by atoms with Crippen molar-refractivity contribution < 1.29 is 4.74 Å². The summed E-state index contributed by atoms with van der Waals surface area (Å²) in [5.41, 5.74) is 2.34. The van der Waals surface area contributed by atoms with Crippen LogP contribution in [0.1, 0.15) is 6.92 Å². The summed E-state index contributed by atoms with van der Waals surface area (Å²) in [5.74, 6) is 0. The molecule has 3 heteroatoms. The lowest BCUT2D eigenvalue weighted by Crippen LogP contribution is -2.20. The van der Waals surface area contributed by atoms with Crippen LogP contribution in [0.4, 0.5) is 11.4 Å². The molecule has 1 N–H and O–H groups in total. The van der Waals surface area contributed by atoms with Crippen LogP contribution in [0.25, 0.3) is 0 Å². The molecule has 1 aromatic carbocycles. The Balaban J connectivity index is 2.56. The molecule has 0 aliphatic heterocycles. The molecule has 0 saturated heterocycles. The predicted molar refractivity (Wildman–Crippen MR) is 65.7 cm³/mol. The normalized spacial score (nSPS) is 12.3. The van der Waals surface area contributed by atoms with Gasteiger partial charge in [-0.2, -0.15) is 0 Å². The van der Waals surface area contributed by atoms with E-state index in [4.69, 9.17) is 4.74 Å². The van der Waals surface area contributed by atoms with E-state index < -0.39 is 0 Å². The Morgan fingerprint density at radius 1 is 1.27 bits per heavy atom. The lowest BCUT2D eigenvalue weighted by atomic mass is 10.2. The fourth-order valence-corrected chi connectivity index (χ4v) is 1.43. The number of methoxy groups -OCH3 is 1. The summed E-state index contributed by atoms with van der Waals surface area (Å²) in [7, 11) is 5.79. The molecule has 0 saturated carbocycles. The average molecular weight is 208 g/mol. The van der Waals surface area contributed by atoms with Crippen LogP contribution in [0.3, 0.4) is 0 Å². The maximum absolute atomic E-state index is 5.07. The van der Waals surface area contributed by atoms with Crippen molar-refractivity contribution in [2.75, 3.05) is 38.0 Å². The summed E-state index contributed by atoms with van der Waals surface area (Å²) in [5, 5.41) is 3.37. The summed E-state index contributed by atoms with van der Waals surface area (Å²) in [6.45, 7) is 2.82. The molecule has 0 radical (unpaired) electrons. The van der Waals surface area contributed by atoms with Gasteiger partial charge in [-0.15, -0.1) is 0 Å². The van der Waals surface area contributed by atoms with Crippen LogP contribution >= 0.6 is 0 Å². The fourth-order valence-electron chi connectivity index (χ4n) is 1.43. The molecule has 1 aromatic rings. The second kappa shape index (κ2) is 5.61. The molecule has 0 amide bonds. The number of hydrogen-bond donors (Lipinski definition) is 1. The molecule has 1 atom stereocenters. The van der Waals surface area contributed by atoms with Gasteiger partial charge in [0.2, 0.25) is 0 Å². The average Bonchev–Trinajstić information content (AvgIpc) is 2.18. The van der Waals surface area contributed by atoms with Crippen LogP contribution in [0.5, 0.6) is 0 Å². The van der Waals surface area contributed by atoms with Gasteiger partial charge >= 0.3 is 0 Å². The number of ether oxygens (including phenoxy) is 1. The van der Waals surface area contributed by atoms with Crippen molar-refractivity contribution in [2.24, 2.45) is 0 Å². The number of hydrogen-bond acceptors (Lipinski definition) is 3. The Hall–Kier alpha value is -1.22. The summed E-state index contributed by atoms with van der Waals surface area (Å²) in [6, 6.07) is 8.70. The van der Waals surface area contributed by atoms with Crippen LogP contribution in [0, 0.1) is 0 Å².